The van der Waals surface area contributed by atoms with Crippen molar-refractivity contribution in [2.75, 3.05) is 38.2 Å². The molecule has 0 radical (unpaired) electrons. The van der Waals surface area contributed by atoms with E-state index in [1.54, 1.807) is 31.5 Å². The van der Waals surface area contributed by atoms with E-state index in [9.17, 15) is 4.79 Å². The maximum Gasteiger partial charge on any atom is 0.254 e. The zero-order chi connectivity index (χ0) is 16.9. The van der Waals surface area contributed by atoms with E-state index in [0.29, 0.717) is 43.1 Å². The van der Waals surface area contributed by atoms with E-state index < -0.39 is 0 Å². The van der Waals surface area contributed by atoms with Crippen LogP contribution in [0, 0.1) is 11.3 Å². The molecule has 0 aliphatic carbocycles. The fraction of sp³-hybridized carbons (Fsp3) is 0.278. The second-order valence-electron chi connectivity index (χ2n) is 5.53. The molecule has 24 heavy (non-hydrogen) atoms. The van der Waals surface area contributed by atoms with Crippen molar-refractivity contribution in [1.29, 1.82) is 5.26 Å². The Labute approximate surface area is 140 Å². The molecule has 3 rings (SSSR count). The topological polar surface area (TPSA) is 69.5 Å². The minimum atomic E-state index is 0.0151. The number of benzene rings is 1. The van der Waals surface area contributed by atoms with Gasteiger partial charge in [-0.25, -0.2) is 4.98 Å². The molecule has 1 aliphatic rings. The zero-order valence-electron chi connectivity index (χ0n) is 13.5. The Morgan fingerprint density at radius 3 is 2.62 bits per heavy atom. The summed E-state index contributed by atoms with van der Waals surface area (Å²) in [6.07, 6.45) is 1.57. The Morgan fingerprint density at radius 1 is 1.21 bits per heavy atom. The smallest absolute Gasteiger partial charge is 0.254 e. The van der Waals surface area contributed by atoms with Gasteiger partial charge in [0.1, 0.15) is 17.6 Å². The number of anilines is 1. The van der Waals surface area contributed by atoms with Crippen molar-refractivity contribution in [3.05, 3.63) is 53.7 Å². The number of carbonyl (C=O) groups excluding carboxylic acids is 1. The third kappa shape index (κ3) is 3.30. The minimum absolute atomic E-state index is 0.0151. The molecule has 1 aliphatic heterocycles. The Morgan fingerprint density at radius 2 is 2.00 bits per heavy atom. The van der Waals surface area contributed by atoms with Gasteiger partial charge in [-0.15, -0.1) is 0 Å². The van der Waals surface area contributed by atoms with Crippen molar-refractivity contribution in [2.24, 2.45) is 0 Å². The first kappa shape index (κ1) is 15.8. The number of methoxy groups -OCH3 is 1. The van der Waals surface area contributed by atoms with Gasteiger partial charge in [-0.3, -0.25) is 4.79 Å². The number of hydrogen-bond acceptors (Lipinski definition) is 5. The SMILES string of the molecule is COc1cccc(C(=O)N2CCN(c3ccc(C#N)cn3)CC2)c1. The minimum Gasteiger partial charge on any atom is -0.497 e. The van der Waals surface area contributed by atoms with Crippen molar-refractivity contribution in [2.45, 2.75) is 0 Å². The molecule has 2 aromatic rings. The number of aromatic nitrogens is 1. The number of piperazine rings is 1. The highest BCUT2D eigenvalue weighted by Crippen LogP contribution is 2.18. The number of hydrogen-bond donors (Lipinski definition) is 0. The molecule has 1 fully saturated rings. The van der Waals surface area contributed by atoms with Gasteiger partial charge in [0.15, 0.2) is 0 Å². The summed E-state index contributed by atoms with van der Waals surface area (Å²) in [5, 5.41) is 8.82. The van der Waals surface area contributed by atoms with E-state index in [2.05, 4.69) is 16.0 Å². The molecule has 0 saturated carbocycles. The molecule has 6 heteroatoms. The van der Waals surface area contributed by atoms with Crippen molar-refractivity contribution in [3.63, 3.8) is 0 Å². The highest BCUT2D eigenvalue weighted by Gasteiger charge is 2.23. The molecule has 0 unspecified atom stereocenters. The molecule has 0 spiro atoms. The summed E-state index contributed by atoms with van der Waals surface area (Å²) in [5.41, 5.74) is 1.19. The molecule has 122 valence electrons. The lowest BCUT2D eigenvalue weighted by Crippen LogP contribution is -2.49. The largest absolute Gasteiger partial charge is 0.497 e. The highest BCUT2D eigenvalue weighted by atomic mass is 16.5. The van der Waals surface area contributed by atoms with Crippen LogP contribution in [0.15, 0.2) is 42.6 Å². The maximum atomic E-state index is 12.6. The van der Waals surface area contributed by atoms with Crippen LogP contribution in [-0.2, 0) is 0 Å². The molecule has 0 N–H and O–H groups in total. The fourth-order valence-electron chi connectivity index (χ4n) is 2.72. The molecule has 6 nitrogen and oxygen atoms in total. The Hall–Kier alpha value is -3.07. The van der Waals surface area contributed by atoms with Crippen LogP contribution in [0.4, 0.5) is 5.82 Å². The quantitative estimate of drug-likeness (QED) is 0.863. The van der Waals surface area contributed by atoms with Crippen molar-refractivity contribution in [3.8, 4) is 11.8 Å². The monoisotopic (exact) mass is 322 g/mol. The molecular formula is C18H18N4O2. The van der Waals surface area contributed by atoms with Crippen LogP contribution in [0.3, 0.4) is 0 Å². The van der Waals surface area contributed by atoms with Crippen LogP contribution in [-0.4, -0.2) is 49.1 Å². The summed E-state index contributed by atoms with van der Waals surface area (Å²) in [7, 11) is 1.59. The normalized spacial score (nSPS) is 14.2. The van der Waals surface area contributed by atoms with E-state index >= 15 is 0 Å². The van der Waals surface area contributed by atoms with Crippen LogP contribution in [0.2, 0.25) is 0 Å². The predicted molar refractivity (Wildman–Crippen MR) is 90.1 cm³/mol. The second kappa shape index (κ2) is 7.01. The van der Waals surface area contributed by atoms with E-state index in [1.807, 2.05) is 23.1 Å². The fourth-order valence-corrected chi connectivity index (χ4v) is 2.72. The maximum absolute atomic E-state index is 12.6. The molecule has 0 atom stereocenters. The summed E-state index contributed by atoms with van der Waals surface area (Å²) in [5.74, 6) is 1.53. The third-order valence-corrected chi connectivity index (χ3v) is 4.08. The Balaban J connectivity index is 1.63. The van der Waals surface area contributed by atoms with E-state index in [0.717, 1.165) is 5.82 Å². The molecule has 0 bridgehead atoms. The van der Waals surface area contributed by atoms with Crippen LogP contribution in [0.5, 0.6) is 5.75 Å². The second-order valence-corrected chi connectivity index (χ2v) is 5.53. The van der Waals surface area contributed by atoms with Crippen molar-refractivity contribution in [1.82, 2.24) is 9.88 Å². The van der Waals surface area contributed by atoms with Gasteiger partial charge in [0.05, 0.1) is 12.7 Å². The van der Waals surface area contributed by atoms with E-state index in [-0.39, 0.29) is 5.91 Å². The van der Waals surface area contributed by atoms with Crippen LogP contribution >= 0.6 is 0 Å². The standard InChI is InChI=1S/C18H18N4O2/c1-24-16-4-2-3-15(11-16)18(23)22-9-7-21(8-10-22)17-6-5-14(12-19)13-20-17/h2-6,11,13H,7-10H2,1H3. The average molecular weight is 322 g/mol. The summed E-state index contributed by atoms with van der Waals surface area (Å²) < 4.78 is 5.18. The van der Waals surface area contributed by atoms with Gasteiger partial charge in [0.2, 0.25) is 0 Å². The Bertz CT molecular complexity index is 759. The lowest BCUT2D eigenvalue weighted by Gasteiger charge is -2.35. The van der Waals surface area contributed by atoms with Crippen LogP contribution < -0.4 is 9.64 Å². The van der Waals surface area contributed by atoms with E-state index in [4.69, 9.17) is 10.00 Å². The lowest BCUT2D eigenvalue weighted by molar-refractivity contribution is 0.0746. The first-order chi connectivity index (χ1) is 11.7. The number of rotatable bonds is 3. The number of carbonyl (C=O) groups is 1. The summed E-state index contributed by atoms with van der Waals surface area (Å²) in [6.45, 7) is 2.71. The van der Waals surface area contributed by atoms with Crippen molar-refractivity contribution < 1.29 is 9.53 Å². The summed E-state index contributed by atoms with van der Waals surface area (Å²) >= 11 is 0. The molecule has 1 aromatic heterocycles. The van der Waals surface area contributed by atoms with Gasteiger partial charge in [-0.1, -0.05) is 6.07 Å². The first-order valence-electron chi connectivity index (χ1n) is 7.75. The van der Waals surface area contributed by atoms with Crippen molar-refractivity contribution >= 4 is 11.7 Å². The molecule has 1 amide bonds. The van der Waals surface area contributed by atoms with Gasteiger partial charge < -0.3 is 14.5 Å². The number of ether oxygens (including phenoxy) is 1. The predicted octanol–water partition coefficient (Wildman–Crippen LogP) is 1.92. The van der Waals surface area contributed by atoms with Gasteiger partial charge >= 0.3 is 0 Å². The number of pyridine rings is 1. The summed E-state index contributed by atoms with van der Waals surface area (Å²) in [4.78, 5) is 20.9. The van der Waals surface area contributed by atoms with Gasteiger partial charge in [0, 0.05) is 37.9 Å². The van der Waals surface area contributed by atoms with Gasteiger partial charge in [0.25, 0.3) is 5.91 Å². The van der Waals surface area contributed by atoms with Crippen LogP contribution in [0.1, 0.15) is 15.9 Å². The zero-order valence-corrected chi connectivity index (χ0v) is 13.5. The molecule has 1 saturated heterocycles. The summed E-state index contributed by atoms with van der Waals surface area (Å²) in [6, 6.07) is 12.9. The van der Waals surface area contributed by atoms with Gasteiger partial charge in [-0.05, 0) is 30.3 Å². The molecule has 2 heterocycles. The van der Waals surface area contributed by atoms with E-state index in [1.165, 1.54) is 0 Å². The molecule has 1 aromatic carbocycles. The third-order valence-electron chi connectivity index (χ3n) is 4.08. The van der Waals surface area contributed by atoms with Gasteiger partial charge in [-0.2, -0.15) is 5.26 Å². The number of amides is 1. The van der Waals surface area contributed by atoms with Crippen LogP contribution in [0.25, 0.3) is 0 Å². The Kier molecular flexibility index (Phi) is 4.62. The average Bonchev–Trinajstić information content (AvgIpc) is 2.67. The number of nitrogens with zero attached hydrogens (tertiary/aromatic N) is 4. The lowest BCUT2D eigenvalue weighted by atomic mass is 10.1. The first-order valence-corrected chi connectivity index (χ1v) is 7.75. The highest BCUT2D eigenvalue weighted by molar-refractivity contribution is 5.94. The molecular weight excluding hydrogens is 304 g/mol. The number of nitriles is 1.